The monoisotopic (exact) mass is 331 g/mol. The van der Waals surface area contributed by atoms with Gasteiger partial charge in [-0.15, -0.1) is 0 Å². The first-order valence-electron chi connectivity index (χ1n) is 8.21. The number of carbonyl (C=O) groups is 1. The number of carbonyl (C=O) groups excluding carboxylic acids is 1. The maximum atomic E-state index is 10.5. The Balaban J connectivity index is 1.99. The Bertz CT molecular complexity index is 644. The topological polar surface area (TPSA) is 77.8 Å². The minimum Gasteiger partial charge on any atom is -0.493 e. The molecule has 1 aromatic carbocycles. The lowest BCUT2D eigenvalue weighted by Gasteiger charge is -2.35. The van der Waals surface area contributed by atoms with Crippen molar-refractivity contribution in [2.24, 2.45) is 0 Å². The van der Waals surface area contributed by atoms with Crippen LogP contribution < -0.4 is 14.2 Å². The van der Waals surface area contributed by atoms with E-state index in [4.69, 9.17) is 18.9 Å². The predicted molar refractivity (Wildman–Crippen MR) is 85.3 cm³/mol. The molecule has 1 aliphatic heterocycles. The van der Waals surface area contributed by atoms with Crippen LogP contribution in [-0.2, 0) is 14.9 Å². The maximum absolute atomic E-state index is 10.5. The third kappa shape index (κ3) is 2.86. The van der Waals surface area contributed by atoms with Crippen LogP contribution in [0.15, 0.2) is 12.1 Å². The Morgan fingerprint density at radius 1 is 1.25 bits per heavy atom. The van der Waals surface area contributed by atoms with E-state index in [-0.39, 0.29) is 6.10 Å². The molecule has 0 unspecified atom stereocenters. The summed E-state index contributed by atoms with van der Waals surface area (Å²) in [7, 11) is 1.59. The van der Waals surface area contributed by atoms with E-state index >= 15 is 0 Å². The maximum Gasteiger partial charge on any atom is 0.293 e. The van der Waals surface area contributed by atoms with Crippen LogP contribution >= 0.6 is 0 Å². The number of fused-ring (bicyclic) bond motifs is 1. The number of nitriles is 1. The number of hydrogen-bond donors (Lipinski definition) is 0. The van der Waals surface area contributed by atoms with Crippen LogP contribution in [0.1, 0.15) is 37.7 Å². The lowest BCUT2D eigenvalue weighted by molar-refractivity contribution is -0.135. The van der Waals surface area contributed by atoms with Gasteiger partial charge in [-0.1, -0.05) is 0 Å². The first-order valence-corrected chi connectivity index (χ1v) is 8.21. The van der Waals surface area contributed by atoms with Crippen LogP contribution in [0.25, 0.3) is 0 Å². The quantitative estimate of drug-likeness (QED) is 0.790. The summed E-state index contributed by atoms with van der Waals surface area (Å²) >= 11 is 0. The lowest BCUT2D eigenvalue weighted by atomic mass is 9.69. The fourth-order valence-corrected chi connectivity index (χ4v) is 3.51. The molecule has 0 radical (unpaired) electrons. The number of hydrogen-bond acceptors (Lipinski definition) is 6. The summed E-state index contributed by atoms with van der Waals surface area (Å²) in [6.45, 7) is 1.59. The van der Waals surface area contributed by atoms with Crippen molar-refractivity contribution < 1.29 is 23.7 Å². The summed E-state index contributed by atoms with van der Waals surface area (Å²) < 4.78 is 22.2. The summed E-state index contributed by atoms with van der Waals surface area (Å²) in [5, 5.41) is 9.92. The highest BCUT2D eigenvalue weighted by Gasteiger charge is 2.41. The highest BCUT2D eigenvalue weighted by molar-refractivity contribution is 5.59. The summed E-state index contributed by atoms with van der Waals surface area (Å²) in [6.07, 6.45) is 3.22. The van der Waals surface area contributed by atoms with E-state index < -0.39 is 5.41 Å². The Labute approximate surface area is 141 Å². The number of ether oxygens (including phenoxy) is 4. The van der Waals surface area contributed by atoms with Crippen LogP contribution in [-0.4, -0.2) is 32.9 Å². The average molecular weight is 331 g/mol. The smallest absolute Gasteiger partial charge is 0.293 e. The molecule has 0 atom stereocenters. The molecule has 6 heteroatoms. The van der Waals surface area contributed by atoms with Gasteiger partial charge >= 0.3 is 0 Å². The molecule has 24 heavy (non-hydrogen) atoms. The van der Waals surface area contributed by atoms with E-state index in [0.29, 0.717) is 62.6 Å². The number of methoxy groups -OCH3 is 1. The summed E-state index contributed by atoms with van der Waals surface area (Å²) in [6, 6.07) is 6.21. The van der Waals surface area contributed by atoms with Gasteiger partial charge in [0.1, 0.15) is 6.10 Å². The molecule has 1 aromatic rings. The molecule has 0 N–H and O–H groups in total. The molecule has 0 aromatic heterocycles. The average Bonchev–Trinajstić information content (AvgIpc) is 2.88. The van der Waals surface area contributed by atoms with Gasteiger partial charge < -0.3 is 18.9 Å². The normalized spacial score (nSPS) is 25.9. The van der Waals surface area contributed by atoms with Crippen molar-refractivity contribution >= 4 is 6.47 Å². The van der Waals surface area contributed by atoms with E-state index in [2.05, 4.69) is 6.07 Å². The van der Waals surface area contributed by atoms with Gasteiger partial charge in [0.25, 0.3) is 6.47 Å². The first-order chi connectivity index (χ1) is 11.7. The third-order valence-electron chi connectivity index (χ3n) is 4.84. The molecule has 0 amide bonds. The highest BCUT2D eigenvalue weighted by atomic mass is 16.5. The molecular formula is C18H21NO5. The molecule has 0 bridgehead atoms. The first kappa shape index (κ1) is 16.4. The van der Waals surface area contributed by atoms with E-state index in [9.17, 15) is 10.1 Å². The summed E-state index contributed by atoms with van der Waals surface area (Å²) in [5.41, 5.74) is 0.180. The zero-order chi connectivity index (χ0) is 17.0. The second-order valence-electron chi connectivity index (χ2n) is 6.15. The van der Waals surface area contributed by atoms with Crippen LogP contribution in [0.3, 0.4) is 0 Å². The molecule has 0 spiro atoms. The van der Waals surface area contributed by atoms with Crippen molar-refractivity contribution in [3.05, 3.63) is 17.7 Å². The predicted octanol–water partition coefficient (Wildman–Crippen LogP) is 2.73. The van der Waals surface area contributed by atoms with Crippen molar-refractivity contribution in [2.45, 2.75) is 43.6 Å². The molecule has 1 aliphatic carbocycles. The Morgan fingerprint density at radius 3 is 2.58 bits per heavy atom. The molecule has 6 nitrogen and oxygen atoms in total. The van der Waals surface area contributed by atoms with Crippen LogP contribution in [0.4, 0.5) is 0 Å². The van der Waals surface area contributed by atoms with Gasteiger partial charge in [0, 0.05) is 12.0 Å². The van der Waals surface area contributed by atoms with Crippen LogP contribution in [0.2, 0.25) is 0 Å². The van der Waals surface area contributed by atoms with Gasteiger partial charge in [0.2, 0.25) is 5.75 Å². The molecule has 1 fully saturated rings. The second-order valence-corrected chi connectivity index (χ2v) is 6.15. The highest BCUT2D eigenvalue weighted by Crippen LogP contribution is 2.50. The van der Waals surface area contributed by atoms with Crippen molar-refractivity contribution in [3.63, 3.8) is 0 Å². The number of nitrogens with zero attached hydrogens (tertiary/aromatic N) is 1. The van der Waals surface area contributed by atoms with Crippen molar-refractivity contribution in [2.75, 3.05) is 20.3 Å². The van der Waals surface area contributed by atoms with Gasteiger partial charge in [-0.25, -0.2) is 0 Å². The number of benzene rings is 1. The van der Waals surface area contributed by atoms with Crippen molar-refractivity contribution in [1.29, 1.82) is 5.26 Å². The fourth-order valence-electron chi connectivity index (χ4n) is 3.51. The molecule has 1 heterocycles. The van der Waals surface area contributed by atoms with Gasteiger partial charge in [-0.2, -0.15) is 5.26 Å². The van der Waals surface area contributed by atoms with Crippen LogP contribution in [0, 0.1) is 11.3 Å². The Morgan fingerprint density at radius 2 is 1.96 bits per heavy atom. The van der Waals surface area contributed by atoms with E-state index in [1.54, 1.807) is 7.11 Å². The molecule has 128 valence electrons. The van der Waals surface area contributed by atoms with Crippen molar-refractivity contribution in [3.8, 4) is 23.3 Å². The largest absolute Gasteiger partial charge is 0.493 e. The van der Waals surface area contributed by atoms with Gasteiger partial charge in [0.15, 0.2) is 11.5 Å². The molecule has 0 saturated heterocycles. The zero-order valence-corrected chi connectivity index (χ0v) is 13.7. The zero-order valence-electron chi connectivity index (χ0n) is 13.7. The number of rotatable bonds is 4. The SMILES string of the molecule is COc1ccc(C2(C#N)CCC(OC=O)CC2)c2c1OCCCO2. The van der Waals surface area contributed by atoms with Gasteiger partial charge in [0.05, 0.1) is 31.8 Å². The molecule has 3 rings (SSSR count). The third-order valence-corrected chi connectivity index (χ3v) is 4.84. The van der Waals surface area contributed by atoms with Gasteiger partial charge in [-0.3, -0.25) is 4.79 Å². The van der Waals surface area contributed by atoms with E-state index in [1.165, 1.54) is 0 Å². The van der Waals surface area contributed by atoms with E-state index in [0.717, 1.165) is 12.0 Å². The lowest BCUT2D eigenvalue weighted by Crippen LogP contribution is -2.33. The van der Waals surface area contributed by atoms with Crippen molar-refractivity contribution in [1.82, 2.24) is 0 Å². The standard InChI is InChI=1S/C18H21NO5/c1-21-15-4-3-14(16-17(15)23-10-2-9-22-16)18(11-19)7-5-13(6-8-18)24-12-20/h3-4,12-13H,2,5-10H2,1H3. The summed E-state index contributed by atoms with van der Waals surface area (Å²) in [5.74, 6) is 1.80. The molecule has 2 aliphatic rings. The van der Waals surface area contributed by atoms with Crippen LogP contribution in [0.5, 0.6) is 17.2 Å². The molecule has 1 saturated carbocycles. The second kappa shape index (κ2) is 7.00. The van der Waals surface area contributed by atoms with Gasteiger partial charge in [-0.05, 0) is 37.8 Å². The fraction of sp³-hybridized carbons (Fsp3) is 0.556. The minimum atomic E-state index is -0.660. The van der Waals surface area contributed by atoms with E-state index in [1.807, 2.05) is 12.1 Å². The molecular weight excluding hydrogens is 310 g/mol. The Kier molecular flexibility index (Phi) is 4.79. The minimum absolute atomic E-state index is 0.113. The summed E-state index contributed by atoms with van der Waals surface area (Å²) in [4.78, 5) is 10.5. The Hall–Kier alpha value is -2.42.